The Labute approximate surface area is 115 Å². The Morgan fingerprint density at radius 1 is 1.16 bits per heavy atom. The van der Waals surface area contributed by atoms with Gasteiger partial charge in [0.15, 0.2) is 17.3 Å². The lowest BCUT2D eigenvalue weighted by atomic mass is 10.1. The Morgan fingerprint density at radius 3 is 2.79 bits per heavy atom. The van der Waals surface area contributed by atoms with Crippen LogP contribution in [0.4, 0.5) is 0 Å². The molecule has 0 spiro atoms. The van der Waals surface area contributed by atoms with Gasteiger partial charge in [0.25, 0.3) is 0 Å². The first-order chi connectivity index (χ1) is 9.33. The summed E-state index contributed by atoms with van der Waals surface area (Å²) in [6.07, 6.45) is 3.39. The fourth-order valence-corrected chi connectivity index (χ4v) is 2.46. The van der Waals surface area contributed by atoms with E-state index < -0.39 is 0 Å². The number of fused-ring (bicyclic) bond motifs is 1. The van der Waals surface area contributed by atoms with Crippen LogP contribution in [-0.4, -0.2) is 19.0 Å². The standard InChI is InChI=1S/C15H12O3S/c16-13(3-1-11-5-8-19-10-11)12-2-4-14-15(9-12)18-7-6-17-14/h1-5,8-10H,6-7H2/b3-1+. The van der Waals surface area contributed by atoms with Gasteiger partial charge in [-0.25, -0.2) is 0 Å². The van der Waals surface area contributed by atoms with Crippen molar-refractivity contribution in [1.82, 2.24) is 0 Å². The molecule has 0 N–H and O–H groups in total. The van der Waals surface area contributed by atoms with Crippen molar-refractivity contribution in [2.45, 2.75) is 0 Å². The van der Waals surface area contributed by atoms with Crippen LogP contribution < -0.4 is 9.47 Å². The van der Waals surface area contributed by atoms with E-state index >= 15 is 0 Å². The Morgan fingerprint density at radius 2 is 2.00 bits per heavy atom. The van der Waals surface area contributed by atoms with Crippen molar-refractivity contribution in [2.24, 2.45) is 0 Å². The van der Waals surface area contributed by atoms with Gasteiger partial charge in [-0.15, -0.1) is 0 Å². The maximum Gasteiger partial charge on any atom is 0.185 e. The zero-order valence-electron chi connectivity index (χ0n) is 10.2. The second-order valence-corrected chi connectivity index (χ2v) is 4.89. The average molecular weight is 272 g/mol. The van der Waals surface area contributed by atoms with E-state index in [-0.39, 0.29) is 5.78 Å². The summed E-state index contributed by atoms with van der Waals surface area (Å²) >= 11 is 1.61. The molecule has 96 valence electrons. The first-order valence-electron chi connectivity index (χ1n) is 5.97. The summed E-state index contributed by atoms with van der Waals surface area (Å²) in [5.74, 6) is 1.30. The predicted octanol–water partition coefficient (Wildman–Crippen LogP) is 3.42. The summed E-state index contributed by atoms with van der Waals surface area (Å²) in [7, 11) is 0. The topological polar surface area (TPSA) is 35.5 Å². The van der Waals surface area contributed by atoms with Crippen molar-refractivity contribution >= 4 is 23.2 Å². The van der Waals surface area contributed by atoms with Gasteiger partial charge in [-0.1, -0.05) is 6.08 Å². The third-order valence-electron chi connectivity index (χ3n) is 2.80. The lowest BCUT2D eigenvalue weighted by Gasteiger charge is -2.18. The summed E-state index contributed by atoms with van der Waals surface area (Å²) in [5.41, 5.74) is 1.65. The minimum Gasteiger partial charge on any atom is -0.486 e. The lowest BCUT2D eigenvalue weighted by molar-refractivity contribution is 0.104. The predicted molar refractivity (Wildman–Crippen MR) is 75.1 cm³/mol. The third kappa shape index (κ3) is 2.69. The Bertz CT molecular complexity index is 614. The second-order valence-electron chi connectivity index (χ2n) is 4.11. The molecular formula is C15H12O3S. The molecule has 1 aromatic carbocycles. The molecule has 1 aliphatic rings. The fraction of sp³-hybridized carbons (Fsp3) is 0.133. The Balaban J connectivity index is 1.80. The molecule has 0 atom stereocenters. The molecule has 0 unspecified atom stereocenters. The molecule has 4 heteroatoms. The van der Waals surface area contributed by atoms with Crippen LogP contribution in [0.15, 0.2) is 41.1 Å². The van der Waals surface area contributed by atoms with Gasteiger partial charge in [-0.3, -0.25) is 4.79 Å². The van der Waals surface area contributed by atoms with E-state index in [0.29, 0.717) is 30.3 Å². The second kappa shape index (κ2) is 5.28. The highest BCUT2D eigenvalue weighted by Crippen LogP contribution is 2.30. The van der Waals surface area contributed by atoms with Gasteiger partial charge in [-0.05, 0) is 46.7 Å². The van der Waals surface area contributed by atoms with Crippen molar-refractivity contribution in [3.63, 3.8) is 0 Å². The summed E-state index contributed by atoms with van der Waals surface area (Å²) in [6.45, 7) is 1.08. The minimum atomic E-state index is -0.0387. The first-order valence-corrected chi connectivity index (χ1v) is 6.91. The molecule has 1 aliphatic heterocycles. The fourth-order valence-electron chi connectivity index (χ4n) is 1.83. The number of ether oxygens (including phenoxy) is 2. The van der Waals surface area contributed by atoms with Gasteiger partial charge < -0.3 is 9.47 Å². The number of rotatable bonds is 3. The number of carbonyl (C=O) groups is 1. The van der Waals surface area contributed by atoms with E-state index in [1.807, 2.05) is 22.9 Å². The SMILES string of the molecule is O=C(/C=C/c1ccsc1)c1ccc2c(c1)OCCO2. The number of carbonyl (C=O) groups excluding carboxylic acids is 1. The zero-order valence-corrected chi connectivity index (χ0v) is 11.0. The van der Waals surface area contributed by atoms with Crippen LogP contribution in [0, 0.1) is 0 Å². The summed E-state index contributed by atoms with van der Waals surface area (Å²) < 4.78 is 10.9. The van der Waals surface area contributed by atoms with E-state index in [0.717, 1.165) is 5.56 Å². The summed E-state index contributed by atoms with van der Waals surface area (Å²) in [5, 5.41) is 3.97. The van der Waals surface area contributed by atoms with Crippen LogP contribution in [0.25, 0.3) is 6.08 Å². The molecule has 0 fully saturated rings. The quantitative estimate of drug-likeness (QED) is 0.634. The molecule has 19 heavy (non-hydrogen) atoms. The number of hydrogen-bond acceptors (Lipinski definition) is 4. The largest absolute Gasteiger partial charge is 0.486 e. The van der Waals surface area contributed by atoms with Gasteiger partial charge in [0.05, 0.1) is 0 Å². The van der Waals surface area contributed by atoms with E-state index in [1.54, 1.807) is 35.6 Å². The van der Waals surface area contributed by atoms with Gasteiger partial charge in [-0.2, -0.15) is 11.3 Å². The van der Waals surface area contributed by atoms with Crippen LogP contribution in [0.1, 0.15) is 15.9 Å². The molecule has 0 amide bonds. The van der Waals surface area contributed by atoms with E-state index in [4.69, 9.17) is 9.47 Å². The van der Waals surface area contributed by atoms with Crippen molar-refractivity contribution in [3.05, 3.63) is 52.2 Å². The van der Waals surface area contributed by atoms with Gasteiger partial charge in [0, 0.05) is 5.56 Å². The van der Waals surface area contributed by atoms with Crippen LogP contribution in [-0.2, 0) is 0 Å². The number of ketones is 1. The van der Waals surface area contributed by atoms with Gasteiger partial charge in [0.2, 0.25) is 0 Å². The first kappa shape index (κ1) is 12.0. The van der Waals surface area contributed by atoms with Crippen molar-refractivity contribution < 1.29 is 14.3 Å². The number of thiophene rings is 1. The van der Waals surface area contributed by atoms with Gasteiger partial charge >= 0.3 is 0 Å². The molecule has 2 aromatic rings. The molecule has 0 saturated carbocycles. The van der Waals surface area contributed by atoms with Crippen LogP contribution >= 0.6 is 11.3 Å². The van der Waals surface area contributed by atoms with Crippen LogP contribution in [0.5, 0.6) is 11.5 Å². The van der Waals surface area contributed by atoms with Crippen molar-refractivity contribution in [1.29, 1.82) is 0 Å². The molecule has 2 heterocycles. The van der Waals surface area contributed by atoms with Gasteiger partial charge in [0.1, 0.15) is 13.2 Å². The maximum absolute atomic E-state index is 12.0. The van der Waals surface area contributed by atoms with Crippen molar-refractivity contribution in [3.8, 4) is 11.5 Å². The highest BCUT2D eigenvalue weighted by molar-refractivity contribution is 7.08. The van der Waals surface area contributed by atoms with Crippen LogP contribution in [0.2, 0.25) is 0 Å². The normalized spacial score (nSPS) is 13.7. The maximum atomic E-state index is 12.0. The average Bonchev–Trinajstić information content (AvgIpc) is 2.97. The lowest BCUT2D eigenvalue weighted by Crippen LogP contribution is -2.15. The van der Waals surface area contributed by atoms with Crippen molar-refractivity contribution in [2.75, 3.05) is 13.2 Å². The molecule has 0 saturated heterocycles. The monoisotopic (exact) mass is 272 g/mol. The summed E-state index contributed by atoms with van der Waals surface area (Å²) in [6, 6.07) is 7.24. The minimum absolute atomic E-state index is 0.0387. The summed E-state index contributed by atoms with van der Waals surface area (Å²) in [4.78, 5) is 12.0. The molecule has 3 nitrogen and oxygen atoms in total. The Kier molecular flexibility index (Phi) is 3.33. The highest BCUT2D eigenvalue weighted by atomic mass is 32.1. The Hall–Kier alpha value is -2.07. The van der Waals surface area contributed by atoms with E-state index in [2.05, 4.69) is 0 Å². The van der Waals surface area contributed by atoms with E-state index in [9.17, 15) is 4.79 Å². The molecule has 1 aromatic heterocycles. The van der Waals surface area contributed by atoms with Crippen LogP contribution in [0.3, 0.4) is 0 Å². The smallest absolute Gasteiger partial charge is 0.185 e. The highest BCUT2D eigenvalue weighted by Gasteiger charge is 2.13. The molecule has 0 aliphatic carbocycles. The number of allylic oxidation sites excluding steroid dienone is 1. The third-order valence-corrected chi connectivity index (χ3v) is 3.50. The molecular weight excluding hydrogens is 260 g/mol. The molecule has 0 radical (unpaired) electrons. The number of benzene rings is 1. The molecule has 0 bridgehead atoms. The zero-order chi connectivity index (χ0) is 13.1. The molecule has 3 rings (SSSR count). The number of hydrogen-bond donors (Lipinski definition) is 0. The van der Waals surface area contributed by atoms with E-state index in [1.165, 1.54) is 0 Å².